The Balaban J connectivity index is 1.74. The molecule has 8 heteroatoms. The van der Waals surface area contributed by atoms with Gasteiger partial charge in [-0.25, -0.2) is 8.78 Å². The van der Waals surface area contributed by atoms with Gasteiger partial charge >= 0.3 is 0 Å². The third-order valence-corrected chi connectivity index (χ3v) is 4.32. The number of hydrogen-bond acceptors (Lipinski definition) is 2. The van der Waals surface area contributed by atoms with Crippen LogP contribution in [0, 0.1) is 11.6 Å². The molecule has 27 heavy (non-hydrogen) atoms. The first-order valence-corrected chi connectivity index (χ1v) is 9.42. The van der Waals surface area contributed by atoms with Crippen molar-refractivity contribution < 1.29 is 8.78 Å². The summed E-state index contributed by atoms with van der Waals surface area (Å²) >= 11 is 10.4. The fourth-order valence-corrected chi connectivity index (χ4v) is 2.86. The number of rotatable bonds is 7. The maximum atomic E-state index is 13.7. The summed E-state index contributed by atoms with van der Waals surface area (Å²) in [5.74, 6) is -0.722. The van der Waals surface area contributed by atoms with Gasteiger partial charge in [-0.15, -0.1) is 0 Å². The van der Waals surface area contributed by atoms with Crippen LogP contribution in [0.2, 0.25) is 0 Å². The molecule has 0 fully saturated rings. The van der Waals surface area contributed by atoms with Crippen LogP contribution in [0.1, 0.15) is 19.8 Å². The molecule has 4 nitrogen and oxygen atoms in total. The first kappa shape index (κ1) is 21.0. The molecule has 0 aliphatic heterocycles. The Hall–Kier alpha value is -2.32. The molecule has 0 heterocycles. The first-order valence-electron chi connectivity index (χ1n) is 8.61. The van der Waals surface area contributed by atoms with Crippen molar-refractivity contribution >= 4 is 46.0 Å². The Morgan fingerprint density at radius 1 is 0.889 bits per heavy atom. The Morgan fingerprint density at radius 2 is 1.41 bits per heavy atom. The summed E-state index contributed by atoms with van der Waals surface area (Å²) in [5.41, 5.74) is 0.661. The smallest absolute Gasteiger partial charge is 0.171 e. The molecule has 144 valence electrons. The van der Waals surface area contributed by atoms with Gasteiger partial charge in [0.25, 0.3) is 0 Å². The number of benzene rings is 2. The Morgan fingerprint density at radius 3 is 1.93 bits per heavy atom. The van der Waals surface area contributed by atoms with E-state index in [-0.39, 0.29) is 17.7 Å². The molecule has 2 aromatic rings. The molecule has 4 N–H and O–H groups in total. The van der Waals surface area contributed by atoms with Gasteiger partial charge in [0.15, 0.2) is 10.2 Å². The Bertz CT molecular complexity index is 786. The van der Waals surface area contributed by atoms with Gasteiger partial charge in [-0.05, 0) is 61.5 Å². The minimum absolute atomic E-state index is 0.0838. The quantitative estimate of drug-likeness (QED) is 0.509. The molecule has 0 unspecified atom stereocenters. The zero-order valence-electron chi connectivity index (χ0n) is 14.9. The van der Waals surface area contributed by atoms with Crippen LogP contribution in [-0.4, -0.2) is 22.8 Å². The maximum Gasteiger partial charge on any atom is 0.171 e. The fourth-order valence-electron chi connectivity index (χ4n) is 2.37. The van der Waals surface area contributed by atoms with Crippen molar-refractivity contribution in [3.63, 3.8) is 0 Å². The van der Waals surface area contributed by atoms with E-state index in [0.717, 1.165) is 12.8 Å². The van der Waals surface area contributed by atoms with Crippen molar-refractivity contribution in [3.8, 4) is 0 Å². The first-order chi connectivity index (χ1) is 13.0. The molecule has 0 aliphatic carbocycles. The molecule has 2 aromatic carbocycles. The number of anilines is 2. The normalized spacial score (nSPS) is 11.4. The largest absolute Gasteiger partial charge is 0.362 e. The van der Waals surface area contributed by atoms with Crippen LogP contribution < -0.4 is 21.3 Å². The van der Waals surface area contributed by atoms with Crippen LogP contribution in [0.5, 0.6) is 0 Å². The lowest BCUT2D eigenvalue weighted by Gasteiger charge is -2.20. The molecular weight excluding hydrogens is 386 g/mol. The van der Waals surface area contributed by atoms with Crippen molar-refractivity contribution in [3.05, 3.63) is 60.2 Å². The molecule has 0 radical (unpaired) electrons. The van der Waals surface area contributed by atoms with E-state index in [4.69, 9.17) is 24.4 Å². The fraction of sp³-hybridized carbons (Fsp3) is 0.263. The molecule has 0 saturated carbocycles. The van der Waals surface area contributed by atoms with Crippen LogP contribution in [-0.2, 0) is 0 Å². The van der Waals surface area contributed by atoms with Gasteiger partial charge in [-0.1, -0.05) is 31.2 Å². The zero-order chi connectivity index (χ0) is 19.6. The number of halogens is 2. The van der Waals surface area contributed by atoms with E-state index in [2.05, 4.69) is 21.3 Å². The van der Waals surface area contributed by atoms with Gasteiger partial charge in [-0.3, -0.25) is 0 Å². The van der Waals surface area contributed by atoms with Crippen LogP contribution in [0.25, 0.3) is 0 Å². The summed E-state index contributed by atoms with van der Waals surface area (Å²) < 4.78 is 27.3. The molecule has 0 spiro atoms. The predicted octanol–water partition coefficient (Wildman–Crippen LogP) is 4.41. The second-order valence-electron chi connectivity index (χ2n) is 5.83. The van der Waals surface area contributed by atoms with Crippen LogP contribution in [0.4, 0.5) is 20.2 Å². The number of thiocarbonyl (C=S) groups is 2. The third kappa shape index (κ3) is 7.07. The lowest BCUT2D eigenvalue weighted by atomic mass is 10.1. The van der Waals surface area contributed by atoms with E-state index in [1.54, 1.807) is 36.4 Å². The molecular formula is C19H22F2N4S2. The average Bonchev–Trinajstić information content (AvgIpc) is 2.64. The molecule has 0 bridgehead atoms. The van der Waals surface area contributed by atoms with E-state index < -0.39 is 0 Å². The van der Waals surface area contributed by atoms with E-state index in [9.17, 15) is 8.78 Å². The van der Waals surface area contributed by atoms with Gasteiger partial charge in [0.05, 0.1) is 11.4 Å². The Kier molecular flexibility index (Phi) is 8.35. The highest BCUT2D eigenvalue weighted by atomic mass is 32.1. The van der Waals surface area contributed by atoms with Crippen molar-refractivity contribution in [1.82, 2.24) is 10.6 Å². The number of nitrogens with one attached hydrogen (secondary N) is 4. The van der Waals surface area contributed by atoms with E-state index in [0.29, 0.717) is 28.1 Å². The highest BCUT2D eigenvalue weighted by Crippen LogP contribution is 2.13. The summed E-state index contributed by atoms with van der Waals surface area (Å²) in [6, 6.07) is 12.8. The summed E-state index contributed by atoms with van der Waals surface area (Å²) in [7, 11) is 0. The minimum Gasteiger partial charge on any atom is -0.362 e. The Labute approximate surface area is 168 Å². The monoisotopic (exact) mass is 408 g/mol. The molecule has 2 rings (SSSR count). The van der Waals surface area contributed by atoms with Crippen molar-refractivity contribution in [2.75, 3.05) is 17.2 Å². The van der Waals surface area contributed by atoms with Crippen molar-refractivity contribution in [1.29, 1.82) is 0 Å². The van der Waals surface area contributed by atoms with Gasteiger partial charge in [0.1, 0.15) is 11.6 Å². The number of para-hydroxylation sites is 2. The van der Waals surface area contributed by atoms with Crippen LogP contribution >= 0.6 is 24.4 Å². The van der Waals surface area contributed by atoms with Gasteiger partial charge < -0.3 is 21.3 Å². The average molecular weight is 409 g/mol. The molecule has 0 saturated heterocycles. The summed E-state index contributed by atoms with van der Waals surface area (Å²) in [4.78, 5) is 0. The van der Waals surface area contributed by atoms with E-state index in [1.165, 1.54) is 12.1 Å². The van der Waals surface area contributed by atoms with Crippen LogP contribution in [0.3, 0.4) is 0 Å². The SMILES string of the molecule is CC[C@H](CCNC(=S)Nc1ccccc1F)NC(=S)Nc1ccccc1F. The third-order valence-electron chi connectivity index (χ3n) is 3.85. The minimum atomic E-state index is -0.362. The zero-order valence-corrected chi connectivity index (χ0v) is 16.5. The summed E-state index contributed by atoms with van der Waals surface area (Å²) in [6.07, 6.45) is 1.56. The highest BCUT2D eigenvalue weighted by Gasteiger charge is 2.10. The lowest BCUT2D eigenvalue weighted by Crippen LogP contribution is -2.40. The van der Waals surface area contributed by atoms with Crippen LogP contribution in [0.15, 0.2) is 48.5 Å². The van der Waals surface area contributed by atoms with Gasteiger partial charge in [-0.2, -0.15) is 0 Å². The van der Waals surface area contributed by atoms with E-state index in [1.807, 2.05) is 6.92 Å². The molecule has 1 atom stereocenters. The molecule has 0 aliphatic rings. The second kappa shape index (κ2) is 10.7. The van der Waals surface area contributed by atoms with Crippen molar-refractivity contribution in [2.45, 2.75) is 25.8 Å². The van der Waals surface area contributed by atoms with Gasteiger partial charge in [0.2, 0.25) is 0 Å². The van der Waals surface area contributed by atoms with Gasteiger partial charge in [0, 0.05) is 12.6 Å². The standard InChI is InChI=1S/C19H22F2N4S2/c1-2-13(23-19(27)25-17-10-6-4-8-15(17)21)11-12-22-18(26)24-16-9-5-3-7-14(16)20/h3-10,13H,2,11-12H2,1H3,(H2,22,24,26)(H2,23,25,27)/t13-/m1/s1. The van der Waals surface area contributed by atoms with Crippen molar-refractivity contribution in [2.24, 2.45) is 0 Å². The van der Waals surface area contributed by atoms with E-state index >= 15 is 0 Å². The summed E-state index contributed by atoms with van der Waals surface area (Å²) in [6.45, 7) is 2.60. The topological polar surface area (TPSA) is 48.1 Å². The molecule has 0 aromatic heterocycles. The highest BCUT2D eigenvalue weighted by molar-refractivity contribution is 7.80. The second-order valence-corrected chi connectivity index (χ2v) is 6.65. The number of hydrogen-bond donors (Lipinski definition) is 4. The maximum absolute atomic E-state index is 13.7. The molecule has 0 amide bonds. The predicted molar refractivity (Wildman–Crippen MR) is 115 cm³/mol. The lowest BCUT2D eigenvalue weighted by molar-refractivity contribution is 0.542. The summed E-state index contributed by atoms with van der Waals surface area (Å²) in [5, 5.41) is 12.6.